The highest BCUT2D eigenvalue weighted by Gasteiger charge is 2.27. The van der Waals surface area contributed by atoms with Crippen LogP contribution in [0, 0.1) is 0 Å². The smallest absolute Gasteiger partial charge is 0.276 e. The molecule has 1 N–H and O–H groups in total. The van der Waals surface area contributed by atoms with Gasteiger partial charge in [0.1, 0.15) is 5.69 Å². The lowest BCUT2D eigenvalue weighted by Gasteiger charge is -2.30. The van der Waals surface area contributed by atoms with Crippen LogP contribution in [-0.4, -0.2) is 51.5 Å². The van der Waals surface area contributed by atoms with Crippen LogP contribution >= 0.6 is 0 Å². The Morgan fingerprint density at radius 1 is 1.32 bits per heavy atom. The van der Waals surface area contributed by atoms with Crippen molar-refractivity contribution in [1.82, 2.24) is 30.1 Å². The zero-order valence-electron chi connectivity index (χ0n) is 13.9. The van der Waals surface area contributed by atoms with Crippen molar-refractivity contribution in [1.29, 1.82) is 0 Å². The molecule has 0 aliphatic carbocycles. The molecule has 0 bridgehead atoms. The van der Waals surface area contributed by atoms with Crippen LogP contribution in [0.3, 0.4) is 0 Å². The van der Waals surface area contributed by atoms with Crippen molar-refractivity contribution in [2.24, 2.45) is 7.05 Å². The quantitative estimate of drug-likeness (QED) is 0.903. The van der Waals surface area contributed by atoms with E-state index in [1.165, 1.54) is 0 Å². The highest BCUT2D eigenvalue weighted by molar-refractivity contribution is 5.48. The maximum atomic E-state index is 5.48. The molecule has 0 radical (unpaired) electrons. The van der Waals surface area contributed by atoms with Gasteiger partial charge in [0.15, 0.2) is 5.82 Å². The second-order valence-electron chi connectivity index (χ2n) is 6.95. The van der Waals surface area contributed by atoms with Crippen molar-refractivity contribution in [2.75, 3.05) is 26.7 Å². The van der Waals surface area contributed by atoms with Crippen molar-refractivity contribution < 1.29 is 4.52 Å². The maximum absolute atomic E-state index is 5.48. The third-order valence-corrected chi connectivity index (χ3v) is 4.12. The molecule has 0 saturated carbocycles. The maximum Gasteiger partial charge on any atom is 0.276 e. The number of likely N-dealkylation sites (N-methyl/N-ethyl adjacent to an activating group) is 1. The van der Waals surface area contributed by atoms with E-state index in [0.717, 1.165) is 36.8 Å². The second-order valence-corrected chi connectivity index (χ2v) is 6.95. The molecule has 22 heavy (non-hydrogen) atoms. The predicted octanol–water partition coefficient (Wildman–Crippen LogP) is 1.34. The number of aromatic nitrogens is 4. The number of hydrogen-bond acceptors (Lipinski definition) is 6. The fourth-order valence-electron chi connectivity index (χ4n) is 2.60. The third-order valence-electron chi connectivity index (χ3n) is 4.12. The molecule has 0 amide bonds. The normalized spacial score (nSPS) is 20.5. The molecule has 2 aromatic heterocycles. The summed E-state index contributed by atoms with van der Waals surface area (Å²) in [7, 11) is 3.99. The summed E-state index contributed by atoms with van der Waals surface area (Å²) in [6.07, 6.45) is 0. The Morgan fingerprint density at radius 2 is 2.09 bits per heavy atom. The first-order valence-corrected chi connectivity index (χ1v) is 7.65. The van der Waals surface area contributed by atoms with Gasteiger partial charge in [0.2, 0.25) is 0 Å². The average molecular weight is 304 g/mol. The molecule has 3 rings (SSSR count). The van der Waals surface area contributed by atoms with Gasteiger partial charge in [-0.3, -0.25) is 9.58 Å². The van der Waals surface area contributed by atoms with Crippen molar-refractivity contribution >= 4 is 0 Å². The molecule has 0 aromatic carbocycles. The molecule has 1 atom stereocenters. The predicted molar refractivity (Wildman–Crippen MR) is 83.4 cm³/mol. The molecular formula is C15H24N6O. The molecule has 0 spiro atoms. The van der Waals surface area contributed by atoms with Gasteiger partial charge in [-0.2, -0.15) is 10.1 Å². The van der Waals surface area contributed by atoms with Crippen LogP contribution in [0.1, 0.15) is 38.3 Å². The monoisotopic (exact) mass is 304 g/mol. The van der Waals surface area contributed by atoms with Crippen LogP contribution < -0.4 is 5.32 Å². The minimum Gasteiger partial charge on any atom is -0.332 e. The van der Waals surface area contributed by atoms with Gasteiger partial charge in [0.05, 0.1) is 11.7 Å². The van der Waals surface area contributed by atoms with E-state index in [1.807, 2.05) is 13.1 Å². The van der Waals surface area contributed by atoms with E-state index in [-0.39, 0.29) is 11.5 Å². The summed E-state index contributed by atoms with van der Waals surface area (Å²) in [5, 5.41) is 12.1. The molecule has 1 unspecified atom stereocenters. The minimum atomic E-state index is -0.00757. The van der Waals surface area contributed by atoms with E-state index in [1.54, 1.807) is 4.68 Å². The lowest BCUT2D eigenvalue weighted by molar-refractivity contribution is 0.190. The second kappa shape index (κ2) is 5.48. The zero-order valence-corrected chi connectivity index (χ0v) is 13.9. The summed E-state index contributed by atoms with van der Waals surface area (Å²) in [6.45, 7) is 9.24. The number of nitrogens with one attached hydrogen (secondary N) is 1. The summed E-state index contributed by atoms with van der Waals surface area (Å²) in [4.78, 5) is 6.84. The molecule has 1 saturated heterocycles. The molecule has 3 heterocycles. The minimum absolute atomic E-state index is 0.00757. The number of aryl methyl sites for hydroxylation is 1. The van der Waals surface area contributed by atoms with E-state index in [0.29, 0.717) is 5.89 Å². The standard InChI is InChI=1S/C15H24N6O/c1-15(2,3)12-8-10(21(5)18-12)14-17-13(19-22-14)11-9-16-6-7-20(11)4/h8,11,16H,6-7,9H2,1-5H3. The van der Waals surface area contributed by atoms with Gasteiger partial charge in [-0.1, -0.05) is 25.9 Å². The van der Waals surface area contributed by atoms with Crippen LogP contribution in [0.5, 0.6) is 0 Å². The summed E-state index contributed by atoms with van der Waals surface area (Å²) in [5.41, 5.74) is 1.86. The van der Waals surface area contributed by atoms with E-state index >= 15 is 0 Å². The fraction of sp³-hybridized carbons (Fsp3) is 0.667. The summed E-state index contributed by atoms with van der Waals surface area (Å²) < 4.78 is 7.29. The molecule has 1 fully saturated rings. The zero-order chi connectivity index (χ0) is 15.9. The van der Waals surface area contributed by atoms with Gasteiger partial charge in [0, 0.05) is 32.1 Å². The summed E-state index contributed by atoms with van der Waals surface area (Å²) in [6, 6.07) is 2.18. The van der Waals surface area contributed by atoms with Crippen molar-refractivity contribution in [2.45, 2.75) is 32.2 Å². The van der Waals surface area contributed by atoms with Gasteiger partial charge in [-0.25, -0.2) is 0 Å². The molecule has 1 aliphatic rings. The van der Waals surface area contributed by atoms with Crippen LogP contribution in [-0.2, 0) is 12.5 Å². The van der Waals surface area contributed by atoms with Crippen LogP contribution in [0.15, 0.2) is 10.6 Å². The van der Waals surface area contributed by atoms with Gasteiger partial charge in [0.25, 0.3) is 5.89 Å². The van der Waals surface area contributed by atoms with Crippen LogP contribution in [0.4, 0.5) is 0 Å². The molecule has 1 aliphatic heterocycles. The number of piperazine rings is 1. The Hall–Kier alpha value is -1.73. The average Bonchev–Trinajstić information content (AvgIpc) is 3.05. The first-order chi connectivity index (χ1) is 10.4. The van der Waals surface area contributed by atoms with E-state index in [9.17, 15) is 0 Å². The van der Waals surface area contributed by atoms with Crippen LogP contribution in [0.2, 0.25) is 0 Å². The lowest BCUT2D eigenvalue weighted by atomic mass is 9.92. The molecule has 7 nitrogen and oxygen atoms in total. The molecular weight excluding hydrogens is 280 g/mol. The van der Waals surface area contributed by atoms with Crippen molar-refractivity contribution in [3.05, 3.63) is 17.6 Å². The lowest BCUT2D eigenvalue weighted by Crippen LogP contribution is -2.44. The Bertz CT molecular complexity index is 653. The first-order valence-electron chi connectivity index (χ1n) is 7.65. The number of rotatable bonds is 2. The van der Waals surface area contributed by atoms with E-state index in [4.69, 9.17) is 4.52 Å². The van der Waals surface area contributed by atoms with Crippen molar-refractivity contribution in [3.63, 3.8) is 0 Å². The Morgan fingerprint density at radius 3 is 2.73 bits per heavy atom. The van der Waals surface area contributed by atoms with E-state index in [2.05, 4.69) is 53.3 Å². The third kappa shape index (κ3) is 2.78. The first kappa shape index (κ1) is 15.2. The summed E-state index contributed by atoms with van der Waals surface area (Å²) in [5.74, 6) is 1.25. The van der Waals surface area contributed by atoms with Gasteiger partial charge < -0.3 is 9.84 Å². The summed E-state index contributed by atoms with van der Waals surface area (Å²) >= 11 is 0. The highest BCUT2D eigenvalue weighted by atomic mass is 16.5. The fourth-order valence-corrected chi connectivity index (χ4v) is 2.60. The van der Waals surface area contributed by atoms with Gasteiger partial charge in [-0.05, 0) is 13.1 Å². The molecule has 2 aromatic rings. The molecule has 7 heteroatoms. The Balaban J connectivity index is 1.89. The number of hydrogen-bond donors (Lipinski definition) is 1. The number of nitrogens with zero attached hydrogens (tertiary/aromatic N) is 5. The Labute approximate surface area is 130 Å². The van der Waals surface area contributed by atoms with Gasteiger partial charge >= 0.3 is 0 Å². The Kier molecular flexibility index (Phi) is 3.78. The van der Waals surface area contributed by atoms with Crippen LogP contribution in [0.25, 0.3) is 11.6 Å². The highest BCUT2D eigenvalue weighted by Crippen LogP contribution is 2.27. The molecule has 120 valence electrons. The SMILES string of the molecule is CN1CCNCC1c1noc(-c2cc(C(C)(C)C)nn2C)n1. The topological polar surface area (TPSA) is 72.0 Å². The van der Waals surface area contributed by atoms with Crippen molar-refractivity contribution in [3.8, 4) is 11.6 Å². The van der Waals surface area contributed by atoms with E-state index < -0.39 is 0 Å². The largest absolute Gasteiger partial charge is 0.332 e. The van der Waals surface area contributed by atoms with Gasteiger partial charge in [-0.15, -0.1) is 0 Å².